The number of carboxylic acids is 4. The van der Waals surface area contributed by atoms with Crippen LogP contribution in [0.5, 0.6) is 0 Å². The average Bonchev–Trinajstić information content (AvgIpc) is 2.68. The van der Waals surface area contributed by atoms with Crippen molar-refractivity contribution in [2.45, 2.75) is 64.1 Å². The van der Waals surface area contributed by atoms with Gasteiger partial charge in [-0.05, 0) is 25.2 Å². The maximum Gasteiger partial charge on any atom is 0.320 e. The molecule has 182 valence electrons. The summed E-state index contributed by atoms with van der Waals surface area (Å²) in [7, 11) is 0. The Morgan fingerprint density at radius 1 is 0.903 bits per heavy atom. The quantitative estimate of drug-likeness (QED) is 0.0904. The van der Waals surface area contributed by atoms with Crippen LogP contribution in [0.25, 0.3) is 0 Å². The number of nitrogens with one attached hydrogen (secondary N) is 2. The predicted octanol–water partition coefficient (Wildman–Crippen LogP) is -1.63. The molecule has 0 saturated carbocycles. The van der Waals surface area contributed by atoms with Crippen LogP contribution in [0.1, 0.15) is 46.0 Å². The van der Waals surface area contributed by atoms with Crippen molar-refractivity contribution in [3.8, 4) is 0 Å². The molecule has 0 heterocycles. The molecule has 0 spiro atoms. The molecule has 0 aliphatic heterocycles. The molecule has 31 heavy (non-hydrogen) atoms. The number of hydrogen-bond acceptors (Lipinski definition) is 8. The van der Waals surface area contributed by atoms with Gasteiger partial charge in [0, 0.05) is 13.0 Å². The summed E-state index contributed by atoms with van der Waals surface area (Å²) in [5.74, 6) is -4.15. The highest BCUT2D eigenvalue weighted by molar-refractivity contribution is 5.75. The molecule has 0 fully saturated rings. The van der Waals surface area contributed by atoms with Crippen LogP contribution in [-0.4, -0.2) is 74.9 Å². The molecule has 14 heteroatoms. The molecule has 0 aromatic heterocycles. The zero-order valence-corrected chi connectivity index (χ0v) is 17.8. The maximum absolute atomic E-state index is 10.2. The molecular weight excluding hydrogens is 416 g/mol. The van der Waals surface area contributed by atoms with Crippen molar-refractivity contribution in [2.24, 2.45) is 28.9 Å². The van der Waals surface area contributed by atoms with Gasteiger partial charge in [-0.25, -0.2) is 0 Å². The van der Waals surface area contributed by atoms with Crippen molar-refractivity contribution in [2.75, 3.05) is 6.54 Å². The highest BCUT2D eigenvalue weighted by atomic mass is 16.4. The number of hydrogen-bond donors (Lipinski definition) is 10. The maximum atomic E-state index is 10.2. The fourth-order valence-corrected chi connectivity index (χ4v) is 1.57. The minimum atomic E-state index is -1.17. The monoisotopic (exact) mass is 452 g/mol. The predicted molar refractivity (Wildman–Crippen MR) is 112 cm³/mol. The normalized spacial score (nSPS) is 13.6. The number of nitrogens with two attached hydrogens (primary N) is 4. The number of carbonyl (C=O) groups is 4. The number of carboxylic acid groups (broad SMARTS) is 4. The summed E-state index contributed by atoms with van der Waals surface area (Å²) in [5, 5.41) is 42.3. The second-order valence-corrected chi connectivity index (χ2v) is 6.55. The fraction of sp³-hybridized carbons (Fsp3) is 0.706. The van der Waals surface area contributed by atoms with E-state index in [2.05, 4.69) is 5.32 Å². The largest absolute Gasteiger partial charge is 0.481 e. The molecule has 0 aliphatic carbocycles. The van der Waals surface area contributed by atoms with Gasteiger partial charge in [0.1, 0.15) is 18.1 Å². The molecule has 0 rings (SSSR count). The van der Waals surface area contributed by atoms with E-state index in [4.69, 9.17) is 48.8 Å². The third-order valence-corrected chi connectivity index (χ3v) is 3.85. The third-order valence-electron chi connectivity index (χ3n) is 3.85. The molecule has 0 saturated heterocycles. The van der Waals surface area contributed by atoms with Gasteiger partial charge in [-0.1, -0.05) is 20.3 Å². The smallest absolute Gasteiger partial charge is 0.320 e. The van der Waals surface area contributed by atoms with E-state index in [0.717, 1.165) is 6.42 Å². The molecule has 4 atom stereocenters. The van der Waals surface area contributed by atoms with Crippen LogP contribution in [0.15, 0.2) is 0 Å². The zero-order valence-electron chi connectivity index (χ0n) is 17.8. The summed E-state index contributed by atoms with van der Waals surface area (Å²) in [6.45, 7) is 4.24. The Bertz CT molecular complexity index is 575. The van der Waals surface area contributed by atoms with Gasteiger partial charge in [-0.3, -0.25) is 24.6 Å². The van der Waals surface area contributed by atoms with E-state index in [9.17, 15) is 19.2 Å². The van der Waals surface area contributed by atoms with Crippen LogP contribution in [0.2, 0.25) is 0 Å². The van der Waals surface area contributed by atoms with E-state index in [1.165, 1.54) is 0 Å². The van der Waals surface area contributed by atoms with E-state index < -0.39 is 42.0 Å². The van der Waals surface area contributed by atoms with Gasteiger partial charge in [-0.2, -0.15) is 0 Å². The Hall–Kier alpha value is -2.97. The summed E-state index contributed by atoms with van der Waals surface area (Å²) in [4.78, 5) is 40.3. The first-order valence-electron chi connectivity index (χ1n) is 9.42. The van der Waals surface area contributed by atoms with Gasteiger partial charge in [0.25, 0.3) is 0 Å². The Labute approximate surface area is 180 Å². The Kier molecular flexibility index (Phi) is 20.1. The van der Waals surface area contributed by atoms with Crippen LogP contribution in [0.4, 0.5) is 0 Å². The topological polar surface area (TPSA) is 289 Å². The molecule has 0 aromatic rings. The van der Waals surface area contributed by atoms with Gasteiger partial charge < -0.3 is 48.7 Å². The van der Waals surface area contributed by atoms with Crippen LogP contribution < -0.4 is 28.3 Å². The van der Waals surface area contributed by atoms with Crippen molar-refractivity contribution >= 4 is 29.8 Å². The van der Waals surface area contributed by atoms with Crippen LogP contribution in [0, 0.1) is 11.3 Å². The summed E-state index contributed by atoms with van der Waals surface area (Å²) in [6, 6.07) is -2.58. The molecule has 0 aromatic carbocycles. The summed E-state index contributed by atoms with van der Waals surface area (Å²) >= 11 is 0. The van der Waals surface area contributed by atoms with E-state index in [1.807, 2.05) is 13.8 Å². The van der Waals surface area contributed by atoms with Crippen molar-refractivity contribution in [1.82, 2.24) is 5.32 Å². The standard InChI is InChI=1S/C6H14N4O2.C6H13NO2.C5H9NO4/c7-4(5(11)12)2-1-3-10-6(8)9;1-3-4(2)5(7)6(8)9;6-3(5(9)10)1-2-4(7)8/h4H,1-3,7H2,(H,11,12)(H4,8,9,10);4-5H,3,7H2,1-2H3,(H,8,9);3H,1-2,6H2,(H,7,8)(H,9,10). The Morgan fingerprint density at radius 3 is 1.65 bits per heavy atom. The molecule has 4 unspecified atom stereocenters. The SMILES string of the molecule is CCC(C)C(N)C(=O)O.N=C(N)NCCCC(N)C(=O)O.NC(CCC(=O)O)C(=O)O. The van der Waals surface area contributed by atoms with E-state index in [1.54, 1.807) is 0 Å². The summed E-state index contributed by atoms with van der Waals surface area (Å²) in [5.41, 5.74) is 20.5. The number of aliphatic carboxylic acids is 4. The second-order valence-electron chi connectivity index (χ2n) is 6.55. The highest BCUT2D eigenvalue weighted by Crippen LogP contribution is 2.04. The van der Waals surface area contributed by atoms with E-state index >= 15 is 0 Å². The molecule has 0 bridgehead atoms. The average molecular weight is 453 g/mol. The molecule has 0 radical (unpaired) electrons. The first kappa shape index (κ1) is 32.7. The lowest BCUT2D eigenvalue weighted by molar-refractivity contribution is -0.141. The van der Waals surface area contributed by atoms with Crippen molar-refractivity contribution in [3.63, 3.8) is 0 Å². The first-order valence-corrected chi connectivity index (χ1v) is 9.42. The molecule has 14 N–H and O–H groups in total. The lowest BCUT2D eigenvalue weighted by Gasteiger charge is -2.11. The van der Waals surface area contributed by atoms with E-state index in [0.29, 0.717) is 19.4 Å². The van der Waals surface area contributed by atoms with Gasteiger partial charge in [0.15, 0.2) is 5.96 Å². The fourth-order valence-electron chi connectivity index (χ4n) is 1.57. The molecule has 14 nitrogen and oxygen atoms in total. The molecular formula is C17H36N6O8. The summed E-state index contributed by atoms with van der Waals surface area (Å²) < 4.78 is 0. The second kappa shape index (κ2) is 19.0. The molecule has 0 aliphatic rings. The number of guanidine groups is 1. The zero-order chi connectivity index (χ0) is 25.1. The lowest BCUT2D eigenvalue weighted by atomic mass is 10.0. The minimum absolute atomic E-state index is 0.0231. The van der Waals surface area contributed by atoms with Crippen LogP contribution in [0.3, 0.4) is 0 Å². The third kappa shape index (κ3) is 23.2. The Morgan fingerprint density at radius 2 is 1.35 bits per heavy atom. The van der Waals surface area contributed by atoms with Crippen molar-refractivity contribution in [1.29, 1.82) is 5.41 Å². The van der Waals surface area contributed by atoms with E-state index in [-0.39, 0.29) is 24.7 Å². The number of rotatable bonds is 12. The van der Waals surface area contributed by atoms with Crippen LogP contribution in [-0.2, 0) is 19.2 Å². The van der Waals surface area contributed by atoms with Gasteiger partial charge in [-0.15, -0.1) is 0 Å². The Balaban J connectivity index is -0.000000384. The van der Waals surface area contributed by atoms with Crippen molar-refractivity contribution in [3.05, 3.63) is 0 Å². The van der Waals surface area contributed by atoms with Crippen molar-refractivity contribution < 1.29 is 39.6 Å². The summed E-state index contributed by atoms with van der Waals surface area (Å²) in [6.07, 6.45) is 1.56. The highest BCUT2D eigenvalue weighted by Gasteiger charge is 2.17. The lowest BCUT2D eigenvalue weighted by Crippen LogP contribution is -2.36. The van der Waals surface area contributed by atoms with Gasteiger partial charge in [0.05, 0.1) is 0 Å². The van der Waals surface area contributed by atoms with Gasteiger partial charge in [0.2, 0.25) is 0 Å². The van der Waals surface area contributed by atoms with Crippen LogP contribution >= 0.6 is 0 Å². The first-order chi connectivity index (χ1) is 14.2. The minimum Gasteiger partial charge on any atom is -0.481 e. The molecule has 0 amide bonds. The van der Waals surface area contributed by atoms with Gasteiger partial charge >= 0.3 is 23.9 Å².